The van der Waals surface area contributed by atoms with Gasteiger partial charge in [0.1, 0.15) is 24.7 Å². The smallest absolute Gasteiger partial charge is 0.228 e. The van der Waals surface area contributed by atoms with Crippen LogP contribution < -0.4 is 23.8 Å². The van der Waals surface area contributed by atoms with E-state index in [9.17, 15) is 9.59 Å². The molecule has 1 fully saturated rings. The van der Waals surface area contributed by atoms with Gasteiger partial charge < -0.3 is 28.7 Å². The molecule has 2 aromatic rings. The summed E-state index contributed by atoms with van der Waals surface area (Å²) in [6, 6.07) is 10.9. The first-order valence-corrected chi connectivity index (χ1v) is 10.2. The molecule has 2 aliphatic heterocycles. The number of rotatable bonds is 6. The molecular weight excluding hydrogens is 400 g/mol. The van der Waals surface area contributed by atoms with E-state index < -0.39 is 5.92 Å². The Morgan fingerprint density at radius 3 is 2.61 bits per heavy atom. The number of ether oxygens (including phenoxy) is 4. The van der Waals surface area contributed by atoms with E-state index in [4.69, 9.17) is 18.9 Å². The van der Waals surface area contributed by atoms with E-state index in [0.29, 0.717) is 55.0 Å². The number of benzene rings is 2. The van der Waals surface area contributed by atoms with Crippen molar-refractivity contribution in [2.24, 2.45) is 5.92 Å². The minimum Gasteiger partial charge on any atom is -0.497 e. The van der Waals surface area contributed by atoms with Gasteiger partial charge in [0.15, 0.2) is 11.5 Å². The van der Waals surface area contributed by atoms with E-state index in [2.05, 4.69) is 0 Å². The van der Waals surface area contributed by atoms with Crippen molar-refractivity contribution in [3.05, 3.63) is 42.0 Å². The number of fused-ring (bicyclic) bond motifs is 1. The van der Waals surface area contributed by atoms with Crippen molar-refractivity contribution in [2.75, 3.05) is 45.9 Å². The molecule has 4 rings (SSSR count). The predicted octanol–water partition coefficient (Wildman–Crippen LogP) is 2.49. The first-order valence-electron chi connectivity index (χ1n) is 10.2. The zero-order valence-corrected chi connectivity index (χ0v) is 17.9. The lowest BCUT2D eigenvalue weighted by atomic mass is 10.1. The van der Waals surface area contributed by atoms with Gasteiger partial charge in [-0.1, -0.05) is 0 Å². The number of hydrogen-bond acceptors (Lipinski definition) is 6. The minimum atomic E-state index is -0.407. The molecule has 2 aromatic carbocycles. The highest BCUT2D eigenvalue weighted by atomic mass is 16.6. The van der Waals surface area contributed by atoms with Crippen molar-refractivity contribution in [1.82, 2.24) is 4.90 Å². The standard InChI is InChI=1S/C23H26N2O6/c1-24(13-15-4-6-18(28-2)12-20(15)29-3)23(27)16-10-22(26)25(14-16)17-5-7-19-21(11-17)31-9-8-30-19/h4-7,11-12,16H,8-10,13-14H2,1-3H3/t16-/m1/s1. The van der Waals surface area contributed by atoms with Crippen LogP contribution in [0.15, 0.2) is 36.4 Å². The molecule has 31 heavy (non-hydrogen) atoms. The third-order valence-electron chi connectivity index (χ3n) is 5.59. The van der Waals surface area contributed by atoms with Gasteiger partial charge in [0.25, 0.3) is 0 Å². The molecular formula is C23H26N2O6. The topological polar surface area (TPSA) is 77.5 Å². The summed E-state index contributed by atoms with van der Waals surface area (Å²) in [5, 5.41) is 0. The zero-order chi connectivity index (χ0) is 22.0. The maximum absolute atomic E-state index is 13.1. The van der Waals surface area contributed by atoms with Gasteiger partial charge >= 0.3 is 0 Å². The number of anilines is 1. The largest absolute Gasteiger partial charge is 0.497 e. The van der Waals surface area contributed by atoms with E-state index in [1.165, 1.54) is 0 Å². The highest BCUT2D eigenvalue weighted by Crippen LogP contribution is 2.36. The predicted molar refractivity (Wildman–Crippen MR) is 114 cm³/mol. The molecule has 2 heterocycles. The number of amides is 2. The lowest BCUT2D eigenvalue weighted by molar-refractivity contribution is -0.135. The minimum absolute atomic E-state index is 0.0775. The van der Waals surface area contributed by atoms with Crippen LogP contribution in [0.25, 0.3) is 0 Å². The number of methoxy groups -OCH3 is 2. The summed E-state index contributed by atoms with van der Waals surface area (Å²) in [7, 11) is 4.92. The molecule has 164 valence electrons. The second kappa shape index (κ2) is 8.75. The Balaban J connectivity index is 1.44. The monoisotopic (exact) mass is 426 g/mol. The van der Waals surface area contributed by atoms with Crippen LogP contribution in [0.1, 0.15) is 12.0 Å². The van der Waals surface area contributed by atoms with Gasteiger partial charge in [-0.25, -0.2) is 0 Å². The molecule has 1 atom stereocenters. The third kappa shape index (κ3) is 4.23. The molecule has 0 unspecified atom stereocenters. The van der Waals surface area contributed by atoms with Crippen molar-refractivity contribution in [2.45, 2.75) is 13.0 Å². The molecule has 0 spiro atoms. The average Bonchev–Trinajstić information content (AvgIpc) is 3.19. The van der Waals surface area contributed by atoms with E-state index in [0.717, 1.165) is 5.56 Å². The van der Waals surface area contributed by atoms with Crippen molar-refractivity contribution in [3.63, 3.8) is 0 Å². The van der Waals surface area contributed by atoms with Crippen LogP contribution in [-0.2, 0) is 16.1 Å². The number of carbonyl (C=O) groups excluding carboxylic acids is 2. The van der Waals surface area contributed by atoms with E-state index >= 15 is 0 Å². The van der Waals surface area contributed by atoms with Crippen molar-refractivity contribution in [3.8, 4) is 23.0 Å². The molecule has 0 N–H and O–H groups in total. The van der Waals surface area contributed by atoms with Crippen molar-refractivity contribution < 1.29 is 28.5 Å². The van der Waals surface area contributed by atoms with Crippen molar-refractivity contribution in [1.29, 1.82) is 0 Å². The molecule has 0 saturated carbocycles. The maximum Gasteiger partial charge on any atom is 0.228 e. The fraction of sp³-hybridized carbons (Fsp3) is 0.391. The quantitative estimate of drug-likeness (QED) is 0.706. The first kappa shape index (κ1) is 20.8. The maximum atomic E-state index is 13.1. The Morgan fingerprint density at radius 2 is 1.87 bits per heavy atom. The van der Waals surface area contributed by atoms with Gasteiger partial charge in [-0.2, -0.15) is 0 Å². The summed E-state index contributed by atoms with van der Waals surface area (Å²) >= 11 is 0. The van der Waals surface area contributed by atoms with Crippen LogP contribution in [0.4, 0.5) is 5.69 Å². The Hall–Kier alpha value is -3.42. The molecule has 0 aromatic heterocycles. The van der Waals surface area contributed by atoms with E-state index in [1.807, 2.05) is 18.2 Å². The summed E-state index contributed by atoms with van der Waals surface area (Å²) in [4.78, 5) is 29.0. The van der Waals surface area contributed by atoms with Gasteiger partial charge in [-0.3, -0.25) is 9.59 Å². The van der Waals surface area contributed by atoms with Gasteiger partial charge in [-0.15, -0.1) is 0 Å². The second-order valence-electron chi connectivity index (χ2n) is 7.61. The summed E-state index contributed by atoms with van der Waals surface area (Å²) in [5.41, 5.74) is 1.58. The fourth-order valence-corrected chi connectivity index (χ4v) is 3.95. The fourth-order valence-electron chi connectivity index (χ4n) is 3.95. The molecule has 0 radical (unpaired) electrons. The number of carbonyl (C=O) groups is 2. The Labute approximate surface area is 181 Å². The molecule has 0 aliphatic carbocycles. The van der Waals surface area contributed by atoms with Crippen LogP contribution in [-0.4, -0.2) is 57.7 Å². The molecule has 8 heteroatoms. The van der Waals surface area contributed by atoms with Crippen molar-refractivity contribution >= 4 is 17.5 Å². The SMILES string of the molecule is COc1ccc(CN(C)C(=O)[C@@H]2CC(=O)N(c3ccc4c(c3)OCCO4)C2)c(OC)c1. The van der Waals surface area contributed by atoms with E-state index in [1.54, 1.807) is 49.3 Å². The summed E-state index contributed by atoms with van der Waals surface area (Å²) in [5.74, 6) is 2.06. The lowest BCUT2D eigenvalue weighted by Gasteiger charge is -2.24. The van der Waals surface area contributed by atoms with Crippen LogP contribution in [0, 0.1) is 5.92 Å². The third-order valence-corrected chi connectivity index (χ3v) is 5.59. The molecule has 8 nitrogen and oxygen atoms in total. The van der Waals surface area contributed by atoms with Crippen LogP contribution >= 0.6 is 0 Å². The first-order chi connectivity index (χ1) is 15.0. The van der Waals surface area contributed by atoms with Gasteiger partial charge in [-0.05, 0) is 24.3 Å². The van der Waals surface area contributed by atoms with Crippen LogP contribution in [0.5, 0.6) is 23.0 Å². The number of hydrogen-bond donors (Lipinski definition) is 0. The average molecular weight is 426 g/mol. The van der Waals surface area contributed by atoms with Crippen LogP contribution in [0.3, 0.4) is 0 Å². The van der Waals surface area contributed by atoms with Crippen LogP contribution in [0.2, 0.25) is 0 Å². The molecule has 0 bridgehead atoms. The summed E-state index contributed by atoms with van der Waals surface area (Å²) in [6.45, 7) is 1.70. The van der Waals surface area contributed by atoms with E-state index in [-0.39, 0.29) is 18.2 Å². The highest BCUT2D eigenvalue weighted by Gasteiger charge is 2.37. The Kier molecular flexibility index (Phi) is 5.88. The Morgan fingerprint density at radius 1 is 1.10 bits per heavy atom. The Bertz CT molecular complexity index is 992. The van der Waals surface area contributed by atoms with Gasteiger partial charge in [0, 0.05) is 49.9 Å². The zero-order valence-electron chi connectivity index (χ0n) is 17.9. The second-order valence-corrected chi connectivity index (χ2v) is 7.61. The highest BCUT2D eigenvalue weighted by molar-refractivity contribution is 6.00. The lowest BCUT2D eigenvalue weighted by Crippen LogP contribution is -2.34. The normalized spacial score (nSPS) is 17.5. The van der Waals surface area contributed by atoms with Gasteiger partial charge in [0.2, 0.25) is 11.8 Å². The molecule has 1 saturated heterocycles. The number of nitrogens with zero attached hydrogens (tertiary/aromatic N) is 2. The molecule has 2 aliphatic rings. The summed E-state index contributed by atoms with van der Waals surface area (Å²) < 4.78 is 21.8. The van der Waals surface area contributed by atoms with Gasteiger partial charge in [0.05, 0.1) is 20.1 Å². The molecule has 2 amide bonds. The summed E-state index contributed by atoms with van der Waals surface area (Å²) in [6.07, 6.45) is 0.178.